The van der Waals surface area contributed by atoms with Crippen LogP contribution < -0.4 is 24.8 Å². The summed E-state index contributed by atoms with van der Waals surface area (Å²) in [5.41, 5.74) is 3.89. The minimum Gasteiger partial charge on any atom is -1.00 e. The van der Waals surface area contributed by atoms with Crippen molar-refractivity contribution in [2.45, 2.75) is 38.7 Å². The average molecular weight is 618 g/mol. The van der Waals surface area contributed by atoms with E-state index in [-0.39, 0.29) is 36.2 Å². The molecule has 182 valence electrons. The molecular weight excluding hydrogens is 587 g/mol. The first-order valence-electron chi connectivity index (χ1n) is 11.4. The minimum atomic E-state index is -1.83. The van der Waals surface area contributed by atoms with Gasteiger partial charge >= 0.3 is 41.9 Å². The van der Waals surface area contributed by atoms with Crippen molar-refractivity contribution in [1.82, 2.24) is 0 Å². The molecule has 0 amide bonds. The van der Waals surface area contributed by atoms with Gasteiger partial charge in [0, 0.05) is 11.5 Å². The summed E-state index contributed by atoms with van der Waals surface area (Å²) in [5.74, 6) is 1.89. The van der Waals surface area contributed by atoms with Crippen LogP contribution >= 0.6 is 0 Å². The topological polar surface area (TPSA) is 18.5 Å². The summed E-state index contributed by atoms with van der Waals surface area (Å²) in [5, 5.41) is 5.18. The first-order chi connectivity index (χ1) is 15.7. The molecule has 0 aliphatic heterocycles. The Morgan fingerprint density at radius 1 is 0.829 bits per heavy atom. The molecule has 4 aromatic rings. The third-order valence-electron chi connectivity index (χ3n) is 5.62. The maximum absolute atomic E-state index is 6.67. The number of methoxy groups -OCH3 is 1. The fourth-order valence-corrected chi connectivity index (χ4v) is 5.44. The Labute approximate surface area is 237 Å². The number of rotatable bonds is 4. The third-order valence-corrected chi connectivity index (χ3v) is 6.46. The maximum Gasteiger partial charge on any atom is -1.00 e. The van der Waals surface area contributed by atoms with E-state index in [1.165, 1.54) is 32.7 Å². The van der Waals surface area contributed by atoms with Crippen molar-refractivity contribution in [2.75, 3.05) is 7.11 Å². The minimum absolute atomic E-state index is 0. The van der Waals surface area contributed by atoms with Gasteiger partial charge in [-0.2, -0.15) is 0 Å². The van der Waals surface area contributed by atoms with Crippen LogP contribution in [0.1, 0.15) is 22.6 Å². The number of ether oxygens (including phenoxy) is 1. The van der Waals surface area contributed by atoms with Crippen molar-refractivity contribution in [3.05, 3.63) is 95.2 Å². The van der Waals surface area contributed by atoms with Gasteiger partial charge in [0.05, 0.1) is 7.11 Å². The van der Waals surface area contributed by atoms with Crippen LogP contribution in [-0.2, 0) is 32.5 Å². The van der Waals surface area contributed by atoms with E-state index in [4.69, 9.17) is 9.16 Å². The van der Waals surface area contributed by atoms with Gasteiger partial charge < -0.3 is 34.0 Å². The van der Waals surface area contributed by atoms with Crippen LogP contribution in [0.3, 0.4) is 0 Å². The van der Waals surface area contributed by atoms with Crippen molar-refractivity contribution in [3.8, 4) is 0 Å². The fourth-order valence-electron chi connectivity index (χ4n) is 4.57. The number of hydrogen-bond donors (Lipinski definition) is 0. The Kier molecular flexibility index (Phi) is 10.6. The Morgan fingerprint density at radius 2 is 1.40 bits per heavy atom. The van der Waals surface area contributed by atoms with Gasteiger partial charge in [-0.05, 0) is 25.2 Å². The van der Waals surface area contributed by atoms with E-state index < -0.39 is 8.32 Å². The predicted molar refractivity (Wildman–Crippen MR) is 141 cm³/mol. The summed E-state index contributed by atoms with van der Waals surface area (Å²) in [6, 6.07) is 26.1. The second kappa shape index (κ2) is 12.3. The van der Waals surface area contributed by atoms with Gasteiger partial charge in [-0.15, -0.1) is 33.7 Å². The van der Waals surface area contributed by atoms with Gasteiger partial charge in [-0.1, -0.05) is 66.2 Å². The second-order valence-corrected chi connectivity index (χ2v) is 23.5. The number of hydrogen-bond acceptors (Lipinski definition) is 2. The Balaban J connectivity index is 0.000000672. The summed E-state index contributed by atoms with van der Waals surface area (Å²) in [7, 11) is -0.0819. The van der Waals surface area contributed by atoms with Gasteiger partial charge in [0.15, 0.2) is 5.76 Å². The van der Waals surface area contributed by atoms with Gasteiger partial charge in [0.2, 0.25) is 8.32 Å². The van der Waals surface area contributed by atoms with Crippen molar-refractivity contribution in [2.24, 2.45) is 0 Å². The normalized spacial score (nSPS) is 14.5. The monoisotopic (exact) mass is 615 g/mol. The van der Waals surface area contributed by atoms with E-state index in [9.17, 15) is 0 Å². The predicted octanol–water partition coefficient (Wildman–Crippen LogP) is 1.82. The van der Waals surface area contributed by atoms with E-state index in [0.717, 1.165) is 17.1 Å². The molecule has 1 aliphatic carbocycles. The molecule has 0 spiro atoms. The van der Waals surface area contributed by atoms with Crippen LogP contribution in [0.2, 0.25) is 32.7 Å². The molecule has 0 fully saturated rings. The molecule has 0 aromatic heterocycles. The van der Waals surface area contributed by atoms with Gasteiger partial charge in [0.1, 0.15) is 5.76 Å². The van der Waals surface area contributed by atoms with Crippen LogP contribution in [0.15, 0.2) is 78.6 Å². The van der Waals surface area contributed by atoms with Crippen molar-refractivity contribution in [1.29, 1.82) is 0 Å². The van der Waals surface area contributed by atoms with Crippen LogP contribution in [0.25, 0.3) is 27.3 Å². The average Bonchev–Trinajstić information content (AvgIpc) is 3.27. The molecule has 5 rings (SSSR count). The zero-order valence-corrected chi connectivity index (χ0v) is 27.0. The molecule has 1 unspecified atom stereocenters. The Hall–Kier alpha value is -1.23. The standard InChI is InChI=1S/C26H25O2Si.C2H6Si.2ClH.Zr/c1-27-25-22-13-8-7-12-20(22)24(26(25)28-29(2,3)4)21-15-9-14-19-18-11-6-5-10-17(18)16-23(19)21;1-3-2;;;/h5-16,24H,1-4H3;1-2H3;2*1H;/q-1;;;;+2/p-2. The molecule has 0 bridgehead atoms. The summed E-state index contributed by atoms with van der Waals surface area (Å²) in [4.78, 5) is 0. The van der Waals surface area contributed by atoms with Crippen LogP contribution in [0.5, 0.6) is 0 Å². The molecule has 4 aromatic carbocycles. The number of benzene rings is 3. The molecule has 0 radical (unpaired) electrons. The molecule has 0 saturated carbocycles. The van der Waals surface area contributed by atoms with Gasteiger partial charge in [-0.3, -0.25) is 0 Å². The quantitative estimate of drug-likeness (QED) is 0.257. The molecule has 35 heavy (non-hydrogen) atoms. The summed E-state index contributed by atoms with van der Waals surface area (Å²) < 4.78 is 12.6. The van der Waals surface area contributed by atoms with E-state index in [1.54, 1.807) is 30.4 Å². The molecule has 2 nitrogen and oxygen atoms in total. The Bertz CT molecular complexity index is 1370. The third kappa shape index (κ3) is 6.37. The van der Waals surface area contributed by atoms with E-state index in [2.05, 4.69) is 106 Å². The zero-order chi connectivity index (χ0) is 23.8. The number of fused-ring (bicyclic) bond motifs is 4. The number of halogens is 2. The van der Waals surface area contributed by atoms with Crippen molar-refractivity contribution in [3.63, 3.8) is 0 Å². The largest absolute Gasteiger partial charge is 1.00 e. The molecule has 1 atom stereocenters. The second-order valence-electron chi connectivity index (χ2n) is 9.67. The SMILES string of the molecule is COC1=C(O[Si](C)(C)C)C(c2cccc3c2[cH-]c2ccccc23)c2ccccc21.C[Si](C)=[Zr+2].[Cl-].[Cl-]. The van der Waals surface area contributed by atoms with Crippen molar-refractivity contribution >= 4 is 41.1 Å². The first-order valence-corrected chi connectivity index (χ1v) is 21.0. The fraction of sp³-hybridized carbons (Fsp3) is 0.250. The van der Waals surface area contributed by atoms with Crippen LogP contribution in [0, 0.1) is 0 Å². The van der Waals surface area contributed by atoms with E-state index in [1.807, 2.05) is 0 Å². The van der Waals surface area contributed by atoms with E-state index in [0.29, 0.717) is 0 Å². The van der Waals surface area contributed by atoms with Crippen LogP contribution in [-0.4, -0.2) is 20.9 Å². The molecule has 1 aliphatic rings. The molecule has 0 heterocycles. The molecule has 0 saturated heterocycles. The smallest absolute Gasteiger partial charge is 1.00 e. The van der Waals surface area contributed by atoms with Gasteiger partial charge in [0.25, 0.3) is 0 Å². The van der Waals surface area contributed by atoms with Crippen LogP contribution in [0.4, 0.5) is 0 Å². The molecule has 0 N–H and O–H groups in total. The maximum atomic E-state index is 6.67. The zero-order valence-electron chi connectivity index (χ0n) is 21.1. The first kappa shape index (κ1) is 30.0. The van der Waals surface area contributed by atoms with Gasteiger partial charge in [-0.25, -0.2) is 0 Å². The number of allylic oxidation sites excluding steroid dienone is 1. The summed E-state index contributed by atoms with van der Waals surface area (Å²) >= 11 is 1.74. The summed E-state index contributed by atoms with van der Waals surface area (Å²) in [6.07, 6.45) is 0. The molecular formula is C28H31Cl2O2Si2Zr-. The van der Waals surface area contributed by atoms with E-state index >= 15 is 0 Å². The molecule has 7 heteroatoms. The van der Waals surface area contributed by atoms with Crippen molar-refractivity contribution < 1.29 is 57.3 Å². The Morgan fingerprint density at radius 3 is 2.06 bits per heavy atom. The summed E-state index contributed by atoms with van der Waals surface area (Å²) in [6.45, 7) is 11.3.